The van der Waals surface area contributed by atoms with E-state index in [4.69, 9.17) is 17.4 Å². The first-order chi connectivity index (χ1) is 9.51. The fourth-order valence-corrected chi connectivity index (χ4v) is 2.67. The van der Waals surface area contributed by atoms with Crippen LogP contribution < -0.4 is 11.3 Å². The van der Waals surface area contributed by atoms with E-state index in [9.17, 15) is 0 Å². The number of aromatic nitrogens is 1. The molecule has 4 heteroatoms. The van der Waals surface area contributed by atoms with Gasteiger partial charge >= 0.3 is 0 Å². The highest BCUT2D eigenvalue weighted by Gasteiger charge is 2.15. The van der Waals surface area contributed by atoms with Gasteiger partial charge in [0.25, 0.3) is 0 Å². The molecule has 0 spiro atoms. The fourth-order valence-electron chi connectivity index (χ4n) is 2.36. The van der Waals surface area contributed by atoms with Crippen LogP contribution in [0.4, 0.5) is 0 Å². The number of halogens is 1. The van der Waals surface area contributed by atoms with E-state index in [1.54, 1.807) is 0 Å². The van der Waals surface area contributed by atoms with Gasteiger partial charge in [-0.15, -0.1) is 0 Å². The molecule has 3 nitrogen and oxygen atoms in total. The first-order valence-electron chi connectivity index (χ1n) is 6.66. The molecule has 3 N–H and O–H groups in total. The average molecular weight is 290 g/mol. The Morgan fingerprint density at radius 2 is 1.95 bits per heavy atom. The van der Waals surface area contributed by atoms with E-state index in [1.165, 1.54) is 0 Å². The Labute approximate surface area is 125 Å². The van der Waals surface area contributed by atoms with Crippen LogP contribution in [0.25, 0.3) is 0 Å². The van der Waals surface area contributed by atoms with E-state index >= 15 is 0 Å². The molecule has 0 aliphatic heterocycles. The number of hydrazine groups is 1. The number of rotatable bonds is 4. The standard InChI is InChI=1S/C16H20ClN3/c1-10-4-6-13(15(17)8-10)9-16(20-18)14-7-5-11(2)19-12(14)3/h4-8,16,20H,9,18H2,1-3H3. The molecule has 0 amide bonds. The summed E-state index contributed by atoms with van der Waals surface area (Å²) in [6.45, 7) is 6.02. The number of hydrogen-bond donors (Lipinski definition) is 2. The van der Waals surface area contributed by atoms with Crippen LogP contribution in [-0.2, 0) is 6.42 Å². The summed E-state index contributed by atoms with van der Waals surface area (Å²) in [5.74, 6) is 5.72. The molecule has 0 bridgehead atoms. The van der Waals surface area contributed by atoms with Crippen molar-refractivity contribution in [1.82, 2.24) is 10.4 Å². The van der Waals surface area contributed by atoms with Crippen LogP contribution >= 0.6 is 11.6 Å². The second kappa shape index (κ2) is 6.35. The number of benzene rings is 1. The Morgan fingerprint density at radius 3 is 2.55 bits per heavy atom. The van der Waals surface area contributed by atoms with Crippen LogP contribution in [0.15, 0.2) is 30.3 Å². The van der Waals surface area contributed by atoms with Crippen molar-refractivity contribution in [3.63, 3.8) is 0 Å². The molecular formula is C16H20ClN3. The van der Waals surface area contributed by atoms with Crippen LogP contribution in [0.5, 0.6) is 0 Å². The zero-order valence-corrected chi connectivity index (χ0v) is 12.8. The number of hydrogen-bond acceptors (Lipinski definition) is 3. The zero-order valence-electron chi connectivity index (χ0n) is 12.1. The van der Waals surface area contributed by atoms with Gasteiger partial charge in [-0.1, -0.05) is 29.8 Å². The molecule has 1 unspecified atom stereocenters. The molecule has 106 valence electrons. The van der Waals surface area contributed by atoms with Gasteiger partial charge in [-0.05, 0) is 56.0 Å². The Morgan fingerprint density at radius 1 is 1.20 bits per heavy atom. The highest BCUT2D eigenvalue weighted by molar-refractivity contribution is 6.31. The van der Waals surface area contributed by atoms with Gasteiger partial charge in [-0.3, -0.25) is 16.3 Å². The second-order valence-electron chi connectivity index (χ2n) is 5.15. The molecule has 1 heterocycles. The van der Waals surface area contributed by atoms with Crippen molar-refractivity contribution in [3.05, 3.63) is 63.4 Å². The SMILES string of the molecule is Cc1ccc(CC(NN)c2ccc(C)nc2C)c(Cl)c1. The summed E-state index contributed by atoms with van der Waals surface area (Å²) in [5.41, 5.74) is 8.22. The first kappa shape index (κ1) is 15.0. The van der Waals surface area contributed by atoms with Crippen LogP contribution in [0.3, 0.4) is 0 Å². The van der Waals surface area contributed by atoms with Crippen molar-refractivity contribution in [3.8, 4) is 0 Å². The van der Waals surface area contributed by atoms with E-state index in [1.807, 2.05) is 32.9 Å². The summed E-state index contributed by atoms with van der Waals surface area (Å²) in [7, 11) is 0. The highest BCUT2D eigenvalue weighted by Crippen LogP contribution is 2.25. The molecule has 0 fully saturated rings. The maximum atomic E-state index is 6.30. The van der Waals surface area contributed by atoms with E-state index in [-0.39, 0.29) is 6.04 Å². The summed E-state index contributed by atoms with van der Waals surface area (Å²) in [6.07, 6.45) is 0.737. The first-order valence-corrected chi connectivity index (χ1v) is 7.04. The summed E-state index contributed by atoms with van der Waals surface area (Å²) in [4.78, 5) is 4.49. The smallest absolute Gasteiger partial charge is 0.0518 e. The van der Waals surface area contributed by atoms with Gasteiger partial charge < -0.3 is 0 Å². The van der Waals surface area contributed by atoms with Gasteiger partial charge in [0.15, 0.2) is 0 Å². The summed E-state index contributed by atoms with van der Waals surface area (Å²) >= 11 is 6.30. The lowest BCUT2D eigenvalue weighted by Gasteiger charge is -2.19. The number of nitrogens with zero attached hydrogens (tertiary/aromatic N) is 1. The predicted octanol–water partition coefficient (Wildman–Crippen LogP) is 3.41. The van der Waals surface area contributed by atoms with Crippen LogP contribution in [0.1, 0.15) is 34.1 Å². The lowest BCUT2D eigenvalue weighted by atomic mass is 9.97. The summed E-state index contributed by atoms with van der Waals surface area (Å²) in [6, 6.07) is 10.2. The Balaban J connectivity index is 2.28. The molecule has 0 saturated carbocycles. The van der Waals surface area contributed by atoms with Gasteiger partial charge in [-0.25, -0.2) is 0 Å². The van der Waals surface area contributed by atoms with E-state index in [0.29, 0.717) is 0 Å². The third-order valence-electron chi connectivity index (χ3n) is 3.48. The Bertz CT molecular complexity index is 611. The fraction of sp³-hybridized carbons (Fsp3) is 0.312. The topological polar surface area (TPSA) is 50.9 Å². The van der Waals surface area contributed by atoms with Gasteiger partial charge in [0.1, 0.15) is 0 Å². The maximum absolute atomic E-state index is 6.30. The molecule has 1 atom stereocenters. The summed E-state index contributed by atoms with van der Waals surface area (Å²) < 4.78 is 0. The molecule has 2 rings (SSSR count). The Hall–Kier alpha value is -1.42. The third-order valence-corrected chi connectivity index (χ3v) is 3.83. The highest BCUT2D eigenvalue weighted by atomic mass is 35.5. The second-order valence-corrected chi connectivity index (χ2v) is 5.55. The van der Waals surface area contributed by atoms with Crippen molar-refractivity contribution < 1.29 is 0 Å². The van der Waals surface area contributed by atoms with Crippen molar-refractivity contribution in [1.29, 1.82) is 0 Å². The third kappa shape index (κ3) is 3.37. The molecule has 2 aromatic rings. The van der Waals surface area contributed by atoms with Crippen molar-refractivity contribution >= 4 is 11.6 Å². The van der Waals surface area contributed by atoms with Gasteiger partial charge in [-0.2, -0.15) is 0 Å². The lowest BCUT2D eigenvalue weighted by molar-refractivity contribution is 0.547. The largest absolute Gasteiger partial charge is 0.271 e. The number of pyridine rings is 1. The van der Waals surface area contributed by atoms with Gasteiger partial charge in [0, 0.05) is 16.4 Å². The van der Waals surface area contributed by atoms with E-state index in [0.717, 1.165) is 39.5 Å². The Kier molecular flexibility index (Phi) is 4.76. The molecule has 0 saturated heterocycles. The molecule has 1 aromatic carbocycles. The minimum absolute atomic E-state index is 0.00306. The van der Waals surface area contributed by atoms with Crippen LogP contribution in [0, 0.1) is 20.8 Å². The number of nitrogens with one attached hydrogen (secondary N) is 1. The maximum Gasteiger partial charge on any atom is 0.0518 e. The number of aryl methyl sites for hydroxylation is 3. The van der Waals surface area contributed by atoms with E-state index < -0.39 is 0 Å². The monoisotopic (exact) mass is 289 g/mol. The molecule has 1 aromatic heterocycles. The van der Waals surface area contributed by atoms with Gasteiger partial charge in [0.2, 0.25) is 0 Å². The predicted molar refractivity (Wildman–Crippen MR) is 83.7 cm³/mol. The quantitative estimate of drug-likeness (QED) is 0.670. The molecule has 0 radical (unpaired) electrons. The van der Waals surface area contributed by atoms with Crippen molar-refractivity contribution in [2.75, 3.05) is 0 Å². The number of nitrogens with two attached hydrogens (primary N) is 1. The van der Waals surface area contributed by atoms with Crippen molar-refractivity contribution in [2.24, 2.45) is 5.84 Å². The van der Waals surface area contributed by atoms with Gasteiger partial charge in [0.05, 0.1) is 6.04 Å². The minimum atomic E-state index is 0.00306. The van der Waals surface area contributed by atoms with Crippen LogP contribution in [0.2, 0.25) is 5.02 Å². The molecule has 0 aliphatic rings. The summed E-state index contributed by atoms with van der Waals surface area (Å²) in [5, 5.41) is 0.781. The average Bonchev–Trinajstić information content (AvgIpc) is 2.39. The van der Waals surface area contributed by atoms with Crippen LogP contribution in [-0.4, -0.2) is 4.98 Å². The minimum Gasteiger partial charge on any atom is -0.271 e. The van der Waals surface area contributed by atoms with E-state index in [2.05, 4.69) is 28.6 Å². The molecular weight excluding hydrogens is 270 g/mol. The zero-order chi connectivity index (χ0) is 14.7. The van der Waals surface area contributed by atoms with Crippen molar-refractivity contribution in [2.45, 2.75) is 33.2 Å². The normalized spacial score (nSPS) is 12.4. The lowest BCUT2D eigenvalue weighted by Crippen LogP contribution is -2.30. The molecule has 20 heavy (non-hydrogen) atoms. The molecule has 0 aliphatic carbocycles.